The van der Waals surface area contributed by atoms with Crippen LogP contribution in [-0.2, 0) is 11.3 Å². The van der Waals surface area contributed by atoms with Gasteiger partial charge in [0.15, 0.2) is 0 Å². The monoisotopic (exact) mass is 351 g/mol. The number of imidazole rings is 1. The molecular formula is C18H17N5O3. The van der Waals surface area contributed by atoms with Crippen molar-refractivity contribution in [2.24, 2.45) is 11.0 Å². The molecule has 8 nitrogen and oxygen atoms in total. The molecule has 0 spiro atoms. The van der Waals surface area contributed by atoms with Crippen LogP contribution in [0.15, 0.2) is 60.0 Å². The van der Waals surface area contributed by atoms with E-state index in [1.807, 2.05) is 28.8 Å². The average Bonchev–Trinajstić information content (AvgIpc) is 3.05. The Morgan fingerprint density at radius 1 is 1.35 bits per heavy atom. The van der Waals surface area contributed by atoms with Crippen LogP contribution in [0.2, 0.25) is 0 Å². The van der Waals surface area contributed by atoms with Crippen molar-refractivity contribution in [3.05, 3.63) is 70.5 Å². The number of fused-ring (bicyclic) bond motifs is 1. The number of aromatic nitrogens is 2. The molecule has 0 radical (unpaired) electrons. The van der Waals surface area contributed by atoms with Crippen molar-refractivity contribution in [2.45, 2.75) is 13.5 Å². The predicted octanol–water partition coefficient (Wildman–Crippen LogP) is 2.73. The van der Waals surface area contributed by atoms with Crippen LogP contribution >= 0.6 is 0 Å². The standard InChI is InChI=1S/C18H17N5O3/c1-13(11-22-12-19-16-7-2-3-8-17(16)22)18(24)21-20-10-14-5-4-6-15(9-14)23(25)26/h2-10,12-13H,11H2,1H3,(H,21,24)/b20-10-/t13-/m0/s1. The number of nitro groups is 1. The summed E-state index contributed by atoms with van der Waals surface area (Å²) < 4.78 is 1.92. The van der Waals surface area contributed by atoms with Gasteiger partial charge in [-0.2, -0.15) is 5.10 Å². The molecule has 0 aliphatic carbocycles. The van der Waals surface area contributed by atoms with Crippen LogP contribution in [0, 0.1) is 16.0 Å². The van der Waals surface area contributed by atoms with E-state index in [1.54, 1.807) is 25.4 Å². The molecule has 8 heteroatoms. The molecule has 1 amide bonds. The summed E-state index contributed by atoms with van der Waals surface area (Å²) in [7, 11) is 0. The van der Waals surface area contributed by atoms with E-state index in [0.717, 1.165) is 11.0 Å². The van der Waals surface area contributed by atoms with Crippen molar-refractivity contribution in [1.29, 1.82) is 0 Å². The maximum atomic E-state index is 12.2. The highest BCUT2D eigenvalue weighted by molar-refractivity contribution is 5.84. The van der Waals surface area contributed by atoms with Crippen molar-refractivity contribution in [2.75, 3.05) is 0 Å². The van der Waals surface area contributed by atoms with Crippen LogP contribution in [-0.4, -0.2) is 26.6 Å². The van der Waals surface area contributed by atoms with Gasteiger partial charge in [-0.3, -0.25) is 14.9 Å². The van der Waals surface area contributed by atoms with E-state index in [-0.39, 0.29) is 17.5 Å². The Balaban J connectivity index is 1.61. The van der Waals surface area contributed by atoms with Crippen molar-refractivity contribution < 1.29 is 9.72 Å². The van der Waals surface area contributed by atoms with Gasteiger partial charge >= 0.3 is 0 Å². The number of nitro benzene ring substituents is 1. The average molecular weight is 351 g/mol. The smallest absolute Gasteiger partial charge is 0.270 e. The second kappa shape index (κ2) is 7.56. The van der Waals surface area contributed by atoms with Crippen LogP contribution in [0.5, 0.6) is 0 Å². The van der Waals surface area contributed by atoms with E-state index in [0.29, 0.717) is 12.1 Å². The number of para-hydroxylation sites is 2. The number of benzene rings is 2. The molecule has 26 heavy (non-hydrogen) atoms. The summed E-state index contributed by atoms with van der Waals surface area (Å²) in [6, 6.07) is 13.7. The Bertz CT molecular complexity index is 980. The van der Waals surface area contributed by atoms with E-state index in [1.165, 1.54) is 18.3 Å². The zero-order valence-corrected chi connectivity index (χ0v) is 14.1. The molecule has 1 atom stereocenters. The topological polar surface area (TPSA) is 102 Å². The summed E-state index contributed by atoms with van der Waals surface area (Å²) in [4.78, 5) is 26.8. The second-order valence-electron chi connectivity index (χ2n) is 5.87. The summed E-state index contributed by atoms with van der Waals surface area (Å²) >= 11 is 0. The highest BCUT2D eigenvalue weighted by atomic mass is 16.6. The van der Waals surface area contributed by atoms with Gasteiger partial charge in [-0.05, 0) is 12.1 Å². The Labute approximate surface area is 149 Å². The lowest BCUT2D eigenvalue weighted by atomic mass is 10.1. The number of nitrogens with zero attached hydrogens (tertiary/aromatic N) is 4. The third-order valence-electron chi connectivity index (χ3n) is 3.91. The third kappa shape index (κ3) is 3.92. The van der Waals surface area contributed by atoms with Gasteiger partial charge in [0, 0.05) is 24.2 Å². The lowest BCUT2D eigenvalue weighted by Gasteiger charge is -2.11. The van der Waals surface area contributed by atoms with Gasteiger partial charge in [0.1, 0.15) is 0 Å². The van der Waals surface area contributed by atoms with Gasteiger partial charge in [-0.25, -0.2) is 10.4 Å². The van der Waals surface area contributed by atoms with Gasteiger partial charge in [0.2, 0.25) is 5.91 Å². The Kier molecular flexibility index (Phi) is 5.02. The first-order chi connectivity index (χ1) is 12.5. The molecular weight excluding hydrogens is 334 g/mol. The van der Waals surface area contributed by atoms with Crippen molar-refractivity contribution in [3.8, 4) is 0 Å². The first-order valence-corrected chi connectivity index (χ1v) is 8.02. The highest BCUT2D eigenvalue weighted by Crippen LogP contribution is 2.14. The van der Waals surface area contributed by atoms with Crippen LogP contribution in [0.1, 0.15) is 12.5 Å². The van der Waals surface area contributed by atoms with Crippen molar-refractivity contribution >= 4 is 28.8 Å². The van der Waals surface area contributed by atoms with E-state index in [4.69, 9.17) is 0 Å². The van der Waals surface area contributed by atoms with Gasteiger partial charge < -0.3 is 4.57 Å². The van der Waals surface area contributed by atoms with Crippen LogP contribution in [0.25, 0.3) is 11.0 Å². The van der Waals surface area contributed by atoms with Crippen LogP contribution in [0.4, 0.5) is 5.69 Å². The van der Waals surface area contributed by atoms with Gasteiger partial charge in [0.05, 0.1) is 34.4 Å². The van der Waals surface area contributed by atoms with Gasteiger partial charge in [-0.1, -0.05) is 31.2 Å². The molecule has 2 aromatic carbocycles. The SMILES string of the molecule is C[C@@H](Cn1cnc2ccccc21)C(=O)N/N=C\c1cccc([N+](=O)[O-])c1. The number of hydrogen-bond acceptors (Lipinski definition) is 5. The number of hydrazone groups is 1. The molecule has 0 saturated carbocycles. The lowest BCUT2D eigenvalue weighted by molar-refractivity contribution is -0.384. The van der Waals surface area contributed by atoms with E-state index in [2.05, 4.69) is 15.5 Å². The molecule has 0 saturated heterocycles. The van der Waals surface area contributed by atoms with Crippen molar-refractivity contribution in [1.82, 2.24) is 15.0 Å². The van der Waals surface area contributed by atoms with Crippen molar-refractivity contribution in [3.63, 3.8) is 0 Å². The van der Waals surface area contributed by atoms with E-state index in [9.17, 15) is 14.9 Å². The zero-order chi connectivity index (χ0) is 18.5. The number of carbonyl (C=O) groups is 1. The molecule has 3 aromatic rings. The number of carbonyl (C=O) groups excluding carboxylic acids is 1. The summed E-state index contributed by atoms with van der Waals surface area (Å²) in [6.07, 6.45) is 3.09. The Hall–Kier alpha value is -3.55. The summed E-state index contributed by atoms with van der Waals surface area (Å²) in [5.74, 6) is -0.570. The Morgan fingerprint density at radius 2 is 2.15 bits per heavy atom. The minimum absolute atomic E-state index is 0.0272. The number of amides is 1. The fraction of sp³-hybridized carbons (Fsp3) is 0.167. The maximum absolute atomic E-state index is 12.2. The number of non-ortho nitro benzene ring substituents is 1. The molecule has 132 valence electrons. The molecule has 0 aliphatic rings. The van der Waals surface area contributed by atoms with E-state index >= 15 is 0 Å². The first-order valence-electron chi connectivity index (χ1n) is 8.02. The predicted molar refractivity (Wildman–Crippen MR) is 97.7 cm³/mol. The fourth-order valence-electron chi connectivity index (χ4n) is 2.53. The molecule has 0 aliphatic heterocycles. The molecule has 1 heterocycles. The quantitative estimate of drug-likeness (QED) is 0.419. The molecule has 1 aromatic heterocycles. The first kappa shape index (κ1) is 17.3. The Morgan fingerprint density at radius 3 is 2.96 bits per heavy atom. The minimum Gasteiger partial charge on any atom is -0.330 e. The van der Waals surface area contributed by atoms with E-state index < -0.39 is 4.92 Å². The molecule has 0 bridgehead atoms. The largest absolute Gasteiger partial charge is 0.330 e. The summed E-state index contributed by atoms with van der Waals surface area (Å²) in [6.45, 7) is 2.27. The second-order valence-corrected chi connectivity index (χ2v) is 5.87. The summed E-state index contributed by atoms with van der Waals surface area (Å²) in [5.41, 5.74) is 4.82. The van der Waals surface area contributed by atoms with Crippen LogP contribution < -0.4 is 5.43 Å². The highest BCUT2D eigenvalue weighted by Gasteiger charge is 2.14. The normalized spacial score (nSPS) is 12.3. The summed E-state index contributed by atoms with van der Waals surface area (Å²) in [5, 5.41) is 14.6. The number of rotatable bonds is 6. The van der Waals surface area contributed by atoms with Gasteiger partial charge in [-0.15, -0.1) is 0 Å². The molecule has 0 fully saturated rings. The lowest BCUT2D eigenvalue weighted by Crippen LogP contribution is -2.27. The third-order valence-corrected chi connectivity index (χ3v) is 3.91. The molecule has 0 unspecified atom stereocenters. The number of hydrogen-bond donors (Lipinski definition) is 1. The fourth-order valence-corrected chi connectivity index (χ4v) is 2.53. The zero-order valence-electron chi connectivity index (χ0n) is 14.1. The maximum Gasteiger partial charge on any atom is 0.270 e. The molecule has 1 N–H and O–H groups in total. The number of nitrogens with one attached hydrogen (secondary N) is 1. The van der Waals surface area contributed by atoms with Crippen LogP contribution in [0.3, 0.4) is 0 Å². The molecule has 3 rings (SSSR count). The minimum atomic E-state index is -0.479. The van der Waals surface area contributed by atoms with Gasteiger partial charge in [0.25, 0.3) is 5.69 Å².